The van der Waals surface area contributed by atoms with Gasteiger partial charge in [-0.2, -0.15) is 0 Å². The molecule has 3 nitrogen and oxygen atoms in total. The van der Waals surface area contributed by atoms with Gasteiger partial charge in [-0.25, -0.2) is 0 Å². The van der Waals surface area contributed by atoms with Crippen LogP contribution in [0.1, 0.15) is 36.9 Å². The highest BCUT2D eigenvalue weighted by molar-refractivity contribution is 5.46. The molecule has 0 aromatic heterocycles. The zero-order valence-corrected chi connectivity index (χ0v) is 8.95. The van der Waals surface area contributed by atoms with Crippen molar-refractivity contribution in [2.24, 2.45) is 0 Å². The van der Waals surface area contributed by atoms with Crippen molar-refractivity contribution in [3.8, 4) is 11.5 Å². The maximum absolute atomic E-state index is 9.77. The third-order valence-electron chi connectivity index (χ3n) is 3.04. The van der Waals surface area contributed by atoms with Gasteiger partial charge in [-0.15, -0.1) is 0 Å². The molecule has 0 bridgehead atoms. The molecule has 0 radical (unpaired) electrons. The van der Waals surface area contributed by atoms with Crippen molar-refractivity contribution in [1.29, 1.82) is 0 Å². The van der Waals surface area contributed by atoms with Crippen molar-refractivity contribution in [2.75, 3.05) is 6.54 Å². The number of benzene rings is 1. The highest BCUT2D eigenvalue weighted by Crippen LogP contribution is 2.34. The third kappa shape index (κ3) is 1.92. The Kier molecular flexibility index (Phi) is 2.82. The molecule has 3 N–H and O–H groups in total. The fourth-order valence-electron chi connectivity index (χ4n) is 2.15. The first-order chi connectivity index (χ1) is 7.22. The van der Waals surface area contributed by atoms with Gasteiger partial charge in [0.1, 0.15) is 11.5 Å². The minimum absolute atomic E-state index is 0.191. The fourth-order valence-corrected chi connectivity index (χ4v) is 2.15. The summed E-state index contributed by atoms with van der Waals surface area (Å²) in [4.78, 5) is 0. The zero-order valence-electron chi connectivity index (χ0n) is 8.95. The van der Waals surface area contributed by atoms with Crippen LogP contribution in [0.25, 0.3) is 0 Å². The number of phenols is 2. The fraction of sp³-hybridized carbons (Fsp3) is 0.500. The van der Waals surface area contributed by atoms with E-state index >= 15 is 0 Å². The molecule has 0 amide bonds. The standard InChI is InChI=1S/C12H17NO2/c1-2-8-6-9(10-4-3-5-13-10)12(15)7-11(8)14/h6-7,10,13-15H,2-5H2,1H3. The van der Waals surface area contributed by atoms with Crippen LogP contribution in [0.3, 0.4) is 0 Å². The van der Waals surface area contributed by atoms with E-state index in [4.69, 9.17) is 0 Å². The van der Waals surface area contributed by atoms with Gasteiger partial charge in [0.05, 0.1) is 0 Å². The summed E-state index contributed by atoms with van der Waals surface area (Å²) in [6.45, 7) is 3.00. The second kappa shape index (κ2) is 4.11. The van der Waals surface area contributed by atoms with E-state index in [2.05, 4.69) is 5.32 Å². The Balaban J connectivity index is 2.37. The Morgan fingerprint density at radius 1 is 1.33 bits per heavy atom. The zero-order chi connectivity index (χ0) is 10.8. The number of aromatic hydroxyl groups is 2. The molecule has 1 fully saturated rings. The topological polar surface area (TPSA) is 52.5 Å². The maximum Gasteiger partial charge on any atom is 0.124 e. The minimum atomic E-state index is 0.191. The van der Waals surface area contributed by atoms with E-state index in [9.17, 15) is 10.2 Å². The van der Waals surface area contributed by atoms with Crippen molar-refractivity contribution in [3.63, 3.8) is 0 Å². The van der Waals surface area contributed by atoms with Gasteiger partial charge in [-0.1, -0.05) is 6.92 Å². The van der Waals surface area contributed by atoms with Gasteiger partial charge in [0.15, 0.2) is 0 Å². The monoisotopic (exact) mass is 207 g/mol. The predicted molar refractivity (Wildman–Crippen MR) is 59.1 cm³/mol. The van der Waals surface area contributed by atoms with E-state index in [-0.39, 0.29) is 17.5 Å². The maximum atomic E-state index is 9.77. The Bertz CT molecular complexity index is 357. The Morgan fingerprint density at radius 2 is 2.13 bits per heavy atom. The van der Waals surface area contributed by atoms with Crippen LogP contribution in [-0.4, -0.2) is 16.8 Å². The summed E-state index contributed by atoms with van der Waals surface area (Å²) >= 11 is 0. The molecule has 0 aliphatic carbocycles. The number of hydrogen-bond donors (Lipinski definition) is 3. The lowest BCUT2D eigenvalue weighted by Gasteiger charge is -2.14. The first-order valence-electron chi connectivity index (χ1n) is 5.50. The third-order valence-corrected chi connectivity index (χ3v) is 3.04. The normalized spacial score (nSPS) is 20.7. The molecular weight excluding hydrogens is 190 g/mol. The van der Waals surface area contributed by atoms with Crippen molar-refractivity contribution in [1.82, 2.24) is 5.32 Å². The molecule has 1 unspecified atom stereocenters. The van der Waals surface area contributed by atoms with E-state index in [1.807, 2.05) is 13.0 Å². The molecule has 1 aromatic carbocycles. The molecule has 1 heterocycles. The van der Waals surface area contributed by atoms with Crippen molar-refractivity contribution in [2.45, 2.75) is 32.2 Å². The van der Waals surface area contributed by atoms with Crippen LogP contribution in [-0.2, 0) is 6.42 Å². The van der Waals surface area contributed by atoms with Crippen LogP contribution in [0, 0.1) is 0 Å². The number of rotatable bonds is 2. The molecular formula is C12H17NO2. The Labute approximate surface area is 89.8 Å². The lowest BCUT2D eigenvalue weighted by atomic mass is 9.99. The quantitative estimate of drug-likeness (QED) is 0.696. The average Bonchev–Trinajstić information content (AvgIpc) is 2.71. The minimum Gasteiger partial charge on any atom is -0.508 e. The van der Waals surface area contributed by atoms with Crippen molar-refractivity contribution >= 4 is 0 Å². The Hall–Kier alpha value is -1.22. The van der Waals surface area contributed by atoms with Gasteiger partial charge in [0.25, 0.3) is 0 Å². The number of phenolic OH excluding ortho intramolecular Hbond substituents is 2. The summed E-state index contributed by atoms with van der Waals surface area (Å²) in [5.41, 5.74) is 1.82. The summed E-state index contributed by atoms with van der Waals surface area (Å²) in [6, 6.07) is 3.61. The van der Waals surface area contributed by atoms with Crippen molar-refractivity contribution < 1.29 is 10.2 Å². The van der Waals surface area contributed by atoms with Crippen LogP contribution in [0.4, 0.5) is 0 Å². The second-order valence-corrected chi connectivity index (χ2v) is 4.04. The molecule has 15 heavy (non-hydrogen) atoms. The summed E-state index contributed by atoms with van der Waals surface area (Å²) in [5.74, 6) is 0.390. The lowest BCUT2D eigenvalue weighted by molar-refractivity contribution is 0.435. The second-order valence-electron chi connectivity index (χ2n) is 4.04. The van der Waals surface area contributed by atoms with Gasteiger partial charge >= 0.3 is 0 Å². The average molecular weight is 207 g/mol. The molecule has 1 aromatic rings. The van der Waals surface area contributed by atoms with E-state index in [0.717, 1.165) is 36.9 Å². The summed E-state index contributed by atoms with van der Waals surface area (Å²) in [7, 11) is 0. The molecule has 0 saturated carbocycles. The van der Waals surface area contributed by atoms with Crippen LogP contribution in [0.15, 0.2) is 12.1 Å². The van der Waals surface area contributed by atoms with Gasteiger partial charge in [-0.3, -0.25) is 0 Å². The highest BCUT2D eigenvalue weighted by atomic mass is 16.3. The first kappa shape index (κ1) is 10.3. The van der Waals surface area contributed by atoms with Gasteiger partial charge in [0, 0.05) is 17.7 Å². The van der Waals surface area contributed by atoms with E-state index < -0.39 is 0 Å². The predicted octanol–water partition coefficient (Wildman–Crippen LogP) is 2.08. The first-order valence-corrected chi connectivity index (χ1v) is 5.50. The van der Waals surface area contributed by atoms with Crippen molar-refractivity contribution in [3.05, 3.63) is 23.3 Å². The van der Waals surface area contributed by atoms with E-state index in [0.29, 0.717) is 0 Å². The van der Waals surface area contributed by atoms with Crippen LogP contribution < -0.4 is 5.32 Å². The summed E-state index contributed by atoms with van der Waals surface area (Å²) in [5, 5.41) is 22.7. The highest BCUT2D eigenvalue weighted by Gasteiger charge is 2.20. The molecule has 1 saturated heterocycles. The van der Waals surface area contributed by atoms with E-state index in [1.165, 1.54) is 6.07 Å². The SMILES string of the molecule is CCc1cc(C2CCCN2)c(O)cc1O. The summed E-state index contributed by atoms with van der Waals surface area (Å²) in [6.07, 6.45) is 2.99. The van der Waals surface area contributed by atoms with Gasteiger partial charge in [0.2, 0.25) is 0 Å². The number of hydrogen-bond acceptors (Lipinski definition) is 3. The van der Waals surface area contributed by atoms with E-state index in [1.54, 1.807) is 0 Å². The van der Waals surface area contributed by atoms with Crippen LogP contribution in [0.5, 0.6) is 11.5 Å². The van der Waals surface area contributed by atoms with Gasteiger partial charge < -0.3 is 15.5 Å². The smallest absolute Gasteiger partial charge is 0.124 e. The molecule has 1 atom stereocenters. The van der Waals surface area contributed by atoms with Crippen LogP contribution in [0.2, 0.25) is 0 Å². The molecule has 1 aliphatic heterocycles. The lowest BCUT2D eigenvalue weighted by Crippen LogP contribution is -2.13. The van der Waals surface area contributed by atoms with Crippen LogP contribution >= 0.6 is 0 Å². The van der Waals surface area contributed by atoms with Gasteiger partial charge in [-0.05, 0) is 37.4 Å². The largest absolute Gasteiger partial charge is 0.508 e. The summed E-state index contributed by atoms with van der Waals surface area (Å²) < 4.78 is 0. The molecule has 2 rings (SSSR count). The number of aryl methyl sites for hydroxylation is 1. The molecule has 3 heteroatoms. The Morgan fingerprint density at radius 3 is 2.73 bits per heavy atom. The molecule has 82 valence electrons. The molecule has 1 aliphatic rings. The molecule has 0 spiro atoms. The number of nitrogens with one attached hydrogen (secondary N) is 1.